The molecule has 0 aromatic carbocycles. The van der Waals surface area contributed by atoms with Gasteiger partial charge < -0.3 is 17.4 Å². The second-order valence-corrected chi connectivity index (χ2v) is 19.9. The number of amides is 3. The van der Waals surface area contributed by atoms with E-state index in [-0.39, 0.29) is 6.61 Å². The van der Waals surface area contributed by atoms with E-state index in [1.807, 2.05) is 6.92 Å². The van der Waals surface area contributed by atoms with Gasteiger partial charge in [-0.25, -0.2) is 25.4 Å². The van der Waals surface area contributed by atoms with Crippen LogP contribution in [0.4, 0.5) is 9.59 Å². The van der Waals surface area contributed by atoms with Crippen molar-refractivity contribution in [1.82, 2.24) is 10.9 Å². The van der Waals surface area contributed by atoms with Gasteiger partial charge in [-0.2, -0.15) is 0 Å². The van der Waals surface area contributed by atoms with Gasteiger partial charge in [0, 0.05) is 18.9 Å². The molecule has 3 amide bonds. The number of hydrogen-bond donors (Lipinski definition) is 2. The lowest BCUT2D eigenvalue weighted by Crippen LogP contribution is -2.56. The highest BCUT2D eigenvalue weighted by Crippen LogP contribution is 2.26. The van der Waals surface area contributed by atoms with Crippen LogP contribution in [0.1, 0.15) is 20.3 Å². The van der Waals surface area contributed by atoms with Crippen LogP contribution >= 0.6 is 0 Å². The fourth-order valence-electron chi connectivity index (χ4n) is 2.10. The molecule has 0 rings (SSSR count). The fourth-order valence-corrected chi connectivity index (χ4v) is 12.5. The molecule has 0 aliphatic carbocycles. The number of carbonyl (C=O) groups is 2. The van der Waals surface area contributed by atoms with Crippen LogP contribution in [-0.2, 0) is 17.4 Å². The Morgan fingerprint density at radius 1 is 0.926 bits per heavy atom. The van der Waals surface area contributed by atoms with Crippen LogP contribution in [0.3, 0.4) is 0 Å². The molecule has 0 heterocycles. The molecule has 0 fully saturated rings. The number of carbonyl (C=O) groups excluding carboxylic acids is 2. The lowest BCUT2D eigenvalue weighted by atomic mass is 10.5. The lowest BCUT2D eigenvalue weighted by molar-refractivity contribution is 0.147. The Morgan fingerprint density at radius 3 is 1.93 bits per heavy atom. The molecular weight excluding hydrogens is 402 g/mol. The number of hydrazine groups is 1. The van der Waals surface area contributed by atoms with E-state index in [1.165, 1.54) is 6.21 Å². The summed E-state index contributed by atoms with van der Waals surface area (Å²) in [5.74, 6) is 0. The molecule has 0 unspecified atom stereocenters. The summed E-state index contributed by atoms with van der Waals surface area (Å²) in [6, 6.07) is -0.152. The Morgan fingerprint density at radius 2 is 1.48 bits per heavy atom. The maximum atomic E-state index is 11.6. The number of hydrogen-bond acceptors (Lipinski definition) is 6. The molecule has 0 aromatic rings. The second kappa shape index (κ2) is 11.7. The van der Waals surface area contributed by atoms with Gasteiger partial charge in [0.2, 0.25) is 0 Å². The van der Waals surface area contributed by atoms with E-state index in [0.29, 0.717) is 19.1 Å². The molecule has 0 bridgehead atoms. The molecule has 0 saturated heterocycles. The van der Waals surface area contributed by atoms with Crippen molar-refractivity contribution >= 4 is 43.8 Å². The SMILES string of the molecule is CCOC(=O)NNC(=O)N=CCC[Si](OCC)(O[Si](C)(C)C)O[Si](C)(C)C. The van der Waals surface area contributed by atoms with E-state index in [2.05, 4.69) is 59.9 Å². The van der Waals surface area contributed by atoms with Crippen molar-refractivity contribution in [3.8, 4) is 0 Å². The van der Waals surface area contributed by atoms with Crippen LogP contribution < -0.4 is 10.9 Å². The minimum absolute atomic E-state index is 0.212. The van der Waals surface area contributed by atoms with Gasteiger partial charge in [-0.05, 0) is 59.6 Å². The molecule has 12 heteroatoms. The number of aliphatic imine (C=N–C) groups is 1. The van der Waals surface area contributed by atoms with E-state index < -0.39 is 37.6 Å². The van der Waals surface area contributed by atoms with E-state index in [4.69, 9.17) is 12.7 Å². The predicted octanol–water partition coefficient (Wildman–Crippen LogP) is 3.50. The van der Waals surface area contributed by atoms with Crippen molar-refractivity contribution in [2.75, 3.05) is 13.2 Å². The maximum absolute atomic E-state index is 11.6. The topological polar surface area (TPSA) is 107 Å². The first-order valence-electron chi connectivity index (χ1n) is 9.12. The number of rotatable bonds is 10. The quantitative estimate of drug-likeness (QED) is 0.308. The Hall–Kier alpha value is -1.06. The van der Waals surface area contributed by atoms with Crippen molar-refractivity contribution in [2.24, 2.45) is 4.99 Å². The summed E-state index contributed by atoms with van der Waals surface area (Å²) in [4.78, 5) is 26.5. The standard InChI is InChI=1S/C15H35N3O6Si3/c1-9-21-15(20)18-17-14(19)16-12-11-13-27(22-10-2,23-25(3,4)5)24-26(6,7)8/h12H,9-11,13H2,1-8H3,(H,17,19)(H,18,20). The normalized spacial score (nSPS) is 12.9. The summed E-state index contributed by atoms with van der Waals surface area (Å²) in [6.07, 6.45) is 1.20. The summed E-state index contributed by atoms with van der Waals surface area (Å²) in [7, 11) is -6.67. The number of nitrogens with one attached hydrogen (secondary N) is 2. The highest BCUT2D eigenvalue weighted by Gasteiger charge is 2.46. The molecule has 0 aliphatic heterocycles. The Balaban J connectivity index is 4.87. The van der Waals surface area contributed by atoms with Gasteiger partial charge in [-0.1, -0.05) is 0 Å². The molecule has 27 heavy (non-hydrogen) atoms. The zero-order valence-electron chi connectivity index (χ0n) is 17.8. The molecule has 9 nitrogen and oxygen atoms in total. The Labute approximate surface area is 165 Å². The third-order valence-corrected chi connectivity index (χ3v) is 11.6. The van der Waals surface area contributed by atoms with Crippen LogP contribution in [0.15, 0.2) is 4.99 Å². The summed E-state index contributed by atoms with van der Waals surface area (Å²) in [5, 5.41) is 0. The summed E-state index contributed by atoms with van der Waals surface area (Å²) < 4.78 is 23.4. The molecule has 0 aliphatic rings. The van der Waals surface area contributed by atoms with Crippen molar-refractivity contribution in [3.63, 3.8) is 0 Å². The van der Waals surface area contributed by atoms with Gasteiger partial charge in [-0.15, -0.1) is 0 Å². The summed E-state index contributed by atoms with van der Waals surface area (Å²) in [6.45, 7) is 16.9. The van der Waals surface area contributed by atoms with E-state index in [1.54, 1.807) is 6.92 Å². The highest BCUT2D eigenvalue weighted by molar-refractivity contribution is 6.85. The highest BCUT2D eigenvalue weighted by atomic mass is 28.5. The number of urea groups is 1. The minimum atomic E-state index is -2.87. The maximum Gasteiger partial charge on any atom is 0.480 e. The molecule has 0 radical (unpaired) electrons. The summed E-state index contributed by atoms with van der Waals surface area (Å²) >= 11 is 0. The van der Waals surface area contributed by atoms with Crippen LogP contribution in [0.2, 0.25) is 45.3 Å². The van der Waals surface area contributed by atoms with E-state index in [9.17, 15) is 9.59 Å². The van der Waals surface area contributed by atoms with Crippen molar-refractivity contribution in [1.29, 1.82) is 0 Å². The smallest absolute Gasteiger partial charge is 0.449 e. The van der Waals surface area contributed by atoms with Gasteiger partial charge in [0.25, 0.3) is 0 Å². The van der Waals surface area contributed by atoms with E-state index in [0.717, 1.165) is 0 Å². The van der Waals surface area contributed by atoms with Gasteiger partial charge >= 0.3 is 20.9 Å². The van der Waals surface area contributed by atoms with Crippen molar-refractivity contribution in [3.05, 3.63) is 0 Å². The van der Waals surface area contributed by atoms with Gasteiger partial charge in [0.1, 0.15) is 0 Å². The van der Waals surface area contributed by atoms with Crippen molar-refractivity contribution in [2.45, 2.75) is 65.6 Å². The first-order valence-corrected chi connectivity index (χ1v) is 17.9. The second-order valence-electron chi connectivity index (χ2n) is 7.67. The summed E-state index contributed by atoms with van der Waals surface area (Å²) in [5.41, 5.74) is 4.23. The molecule has 0 saturated carbocycles. The first-order chi connectivity index (χ1) is 12.3. The average Bonchev–Trinajstić information content (AvgIpc) is 2.46. The van der Waals surface area contributed by atoms with E-state index >= 15 is 0 Å². The third-order valence-electron chi connectivity index (χ3n) is 2.62. The fraction of sp³-hybridized carbons (Fsp3) is 0.800. The van der Waals surface area contributed by atoms with Gasteiger partial charge in [0.05, 0.1) is 6.61 Å². The van der Waals surface area contributed by atoms with Gasteiger partial charge in [-0.3, -0.25) is 0 Å². The number of ether oxygens (including phenoxy) is 1. The minimum Gasteiger partial charge on any atom is -0.449 e. The van der Waals surface area contributed by atoms with Crippen LogP contribution in [0.5, 0.6) is 0 Å². The monoisotopic (exact) mass is 437 g/mol. The average molecular weight is 438 g/mol. The molecule has 158 valence electrons. The zero-order chi connectivity index (χ0) is 21.1. The Bertz CT molecular complexity index is 490. The van der Waals surface area contributed by atoms with Crippen molar-refractivity contribution < 1.29 is 27.0 Å². The zero-order valence-corrected chi connectivity index (χ0v) is 20.8. The first kappa shape index (κ1) is 25.9. The molecule has 0 aromatic heterocycles. The number of nitrogens with zero attached hydrogens (tertiary/aromatic N) is 1. The lowest BCUT2D eigenvalue weighted by Gasteiger charge is -2.39. The predicted molar refractivity (Wildman–Crippen MR) is 113 cm³/mol. The van der Waals surface area contributed by atoms with Crippen LogP contribution in [0, 0.1) is 0 Å². The molecule has 0 spiro atoms. The van der Waals surface area contributed by atoms with Gasteiger partial charge in [0.15, 0.2) is 16.6 Å². The molecule has 0 atom stereocenters. The molecule has 2 N–H and O–H groups in total. The van der Waals surface area contributed by atoms with Crippen LogP contribution in [0.25, 0.3) is 0 Å². The molecular formula is C15H35N3O6Si3. The Kier molecular flexibility index (Phi) is 11.2. The third kappa shape index (κ3) is 13.7. The van der Waals surface area contributed by atoms with Crippen LogP contribution in [-0.4, -0.2) is 57.0 Å². The largest absolute Gasteiger partial charge is 0.480 e.